The van der Waals surface area contributed by atoms with Crippen molar-refractivity contribution in [1.29, 1.82) is 0 Å². The number of pyridine rings is 1. The van der Waals surface area contributed by atoms with E-state index in [1.54, 1.807) is 26.4 Å². The van der Waals surface area contributed by atoms with Gasteiger partial charge in [0.05, 0.1) is 35.9 Å². The van der Waals surface area contributed by atoms with Crippen LogP contribution in [-0.2, 0) is 11.3 Å². The first-order valence-electron chi connectivity index (χ1n) is 12.1. The largest absolute Gasteiger partial charge is 0.494 e. The topological polar surface area (TPSA) is 99.9 Å². The van der Waals surface area contributed by atoms with Gasteiger partial charge in [-0.25, -0.2) is 15.0 Å². The Bertz CT molecular complexity index is 1430. The van der Waals surface area contributed by atoms with E-state index in [0.717, 1.165) is 47.9 Å². The van der Waals surface area contributed by atoms with Crippen LogP contribution in [0.2, 0.25) is 5.02 Å². The average Bonchev–Trinajstić information content (AvgIpc) is 3.33. The van der Waals surface area contributed by atoms with Crippen LogP contribution in [0.3, 0.4) is 0 Å². The van der Waals surface area contributed by atoms with Crippen LogP contribution in [0.15, 0.2) is 48.9 Å². The highest BCUT2D eigenvalue weighted by atomic mass is 35.5. The predicted octanol–water partition coefficient (Wildman–Crippen LogP) is 3.58. The lowest BCUT2D eigenvalue weighted by Gasteiger charge is -2.35. The third-order valence-corrected chi connectivity index (χ3v) is 6.74. The Hall–Kier alpha value is -3.89. The summed E-state index contributed by atoms with van der Waals surface area (Å²) in [5.41, 5.74) is 5.07. The summed E-state index contributed by atoms with van der Waals surface area (Å²) in [6.07, 6.45) is 5.31. The smallest absolute Gasteiger partial charge is 0.227 e. The van der Waals surface area contributed by atoms with E-state index in [1.165, 1.54) is 0 Å². The van der Waals surface area contributed by atoms with E-state index < -0.39 is 0 Å². The highest BCUT2D eigenvalue weighted by Gasteiger charge is 2.20. The summed E-state index contributed by atoms with van der Waals surface area (Å²) in [7, 11) is 3.54. The van der Waals surface area contributed by atoms with Crippen molar-refractivity contribution >= 4 is 40.5 Å². The zero-order valence-electron chi connectivity index (χ0n) is 21.0. The lowest BCUT2D eigenvalue weighted by Crippen LogP contribution is -2.48. The van der Waals surface area contributed by atoms with Crippen molar-refractivity contribution < 1.29 is 9.53 Å². The summed E-state index contributed by atoms with van der Waals surface area (Å²) < 4.78 is 7.63. The van der Waals surface area contributed by atoms with Gasteiger partial charge in [0.15, 0.2) is 0 Å². The molecular weight excluding hydrogens is 492 g/mol. The van der Waals surface area contributed by atoms with Crippen LogP contribution in [-0.4, -0.2) is 70.5 Å². The maximum Gasteiger partial charge on any atom is 0.227 e. The fourth-order valence-corrected chi connectivity index (χ4v) is 4.69. The molecule has 4 heterocycles. The molecule has 0 saturated carbocycles. The summed E-state index contributed by atoms with van der Waals surface area (Å²) in [5, 5.41) is 6.84. The molecule has 5 rings (SSSR count). The number of anilines is 3. The number of hydrogen-bond donors (Lipinski definition) is 2. The molecule has 2 N–H and O–H groups in total. The van der Waals surface area contributed by atoms with E-state index in [1.807, 2.05) is 52.9 Å². The third-order valence-electron chi connectivity index (χ3n) is 6.47. The maximum absolute atomic E-state index is 11.6. The molecule has 0 aliphatic carbocycles. The molecule has 1 amide bonds. The van der Waals surface area contributed by atoms with Crippen LogP contribution in [0.25, 0.3) is 17.0 Å². The van der Waals surface area contributed by atoms with Gasteiger partial charge < -0.3 is 25.2 Å². The minimum absolute atomic E-state index is 0.113. The predicted molar refractivity (Wildman–Crippen MR) is 145 cm³/mol. The maximum atomic E-state index is 11.6. The van der Waals surface area contributed by atoms with E-state index in [-0.39, 0.29) is 5.91 Å². The number of ether oxygens (including phenoxy) is 1. The van der Waals surface area contributed by atoms with Gasteiger partial charge in [-0.05, 0) is 36.9 Å². The lowest BCUT2D eigenvalue weighted by atomic mass is 10.2. The zero-order chi connectivity index (χ0) is 25.9. The van der Waals surface area contributed by atoms with E-state index in [9.17, 15) is 4.79 Å². The first-order valence-corrected chi connectivity index (χ1v) is 12.4. The standard InChI is InChI=1S/C26H29ClN8O2/c1-17(36)33-8-10-34(11-9-33)19-4-5-21(23(13-19)37-3)31-26-30-15-20(27)25(32-26)22-16-29-24-12-18(14-28-2)6-7-35(22)24/h4-7,12-13,15-16,28H,8-11,14H2,1-3H3,(H,30,31,32). The molecule has 1 aliphatic rings. The number of imidazole rings is 1. The molecule has 0 bridgehead atoms. The van der Waals surface area contributed by atoms with Crippen molar-refractivity contribution in [2.75, 3.05) is 50.6 Å². The van der Waals surface area contributed by atoms with Crippen LogP contribution in [0.5, 0.6) is 5.75 Å². The second-order valence-corrected chi connectivity index (χ2v) is 9.24. The molecule has 4 aromatic rings. The fourth-order valence-electron chi connectivity index (χ4n) is 4.50. The van der Waals surface area contributed by atoms with Crippen molar-refractivity contribution in [2.24, 2.45) is 0 Å². The minimum Gasteiger partial charge on any atom is -0.494 e. The molecular formula is C26H29ClN8O2. The molecule has 0 radical (unpaired) electrons. The number of piperazine rings is 1. The summed E-state index contributed by atoms with van der Waals surface area (Å²) >= 11 is 6.51. The van der Waals surface area contributed by atoms with Crippen molar-refractivity contribution in [2.45, 2.75) is 13.5 Å². The number of nitrogens with zero attached hydrogens (tertiary/aromatic N) is 6. The van der Waals surface area contributed by atoms with Crippen LogP contribution in [0.4, 0.5) is 17.3 Å². The minimum atomic E-state index is 0.113. The molecule has 1 saturated heterocycles. The number of amides is 1. The molecule has 192 valence electrons. The molecule has 11 heteroatoms. The van der Waals surface area contributed by atoms with E-state index in [2.05, 4.69) is 25.5 Å². The number of carbonyl (C=O) groups excluding carboxylic acids is 1. The molecule has 1 aliphatic heterocycles. The first-order chi connectivity index (χ1) is 18.0. The van der Waals surface area contributed by atoms with Gasteiger partial charge in [-0.2, -0.15) is 0 Å². The fraction of sp³-hybridized carbons (Fsp3) is 0.308. The quantitative estimate of drug-likeness (QED) is 0.381. The van der Waals surface area contributed by atoms with Crippen LogP contribution in [0, 0.1) is 0 Å². The van der Waals surface area contributed by atoms with Gasteiger partial charge in [-0.3, -0.25) is 9.20 Å². The summed E-state index contributed by atoms with van der Waals surface area (Å²) in [5.74, 6) is 1.17. The molecule has 0 atom stereocenters. The van der Waals surface area contributed by atoms with Crippen LogP contribution >= 0.6 is 11.6 Å². The number of methoxy groups -OCH3 is 1. The molecule has 10 nitrogen and oxygen atoms in total. The Balaban J connectivity index is 1.38. The Morgan fingerprint density at radius 2 is 1.92 bits per heavy atom. The Morgan fingerprint density at radius 1 is 1.11 bits per heavy atom. The van der Waals surface area contributed by atoms with E-state index in [0.29, 0.717) is 35.5 Å². The highest BCUT2D eigenvalue weighted by molar-refractivity contribution is 6.32. The number of rotatable bonds is 7. The number of fused-ring (bicyclic) bond motifs is 1. The molecule has 0 spiro atoms. The molecule has 1 aromatic carbocycles. The van der Waals surface area contributed by atoms with Crippen molar-refractivity contribution in [3.8, 4) is 17.1 Å². The lowest BCUT2D eigenvalue weighted by molar-refractivity contribution is -0.129. The van der Waals surface area contributed by atoms with Crippen LogP contribution in [0.1, 0.15) is 12.5 Å². The number of benzene rings is 1. The number of aromatic nitrogens is 4. The number of carbonyl (C=O) groups is 1. The first kappa shape index (κ1) is 24.8. The van der Waals surface area contributed by atoms with Gasteiger partial charge in [-0.1, -0.05) is 11.6 Å². The van der Waals surface area contributed by atoms with Crippen molar-refractivity contribution in [1.82, 2.24) is 29.6 Å². The van der Waals surface area contributed by atoms with Gasteiger partial charge in [0.25, 0.3) is 0 Å². The van der Waals surface area contributed by atoms with Crippen LogP contribution < -0.4 is 20.3 Å². The second-order valence-electron chi connectivity index (χ2n) is 8.83. The second kappa shape index (κ2) is 10.6. The average molecular weight is 521 g/mol. The molecule has 0 unspecified atom stereocenters. The number of nitrogens with one attached hydrogen (secondary N) is 2. The van der Waals surface area contributed by atoms with E-state index >= 15 is 0 Å². The van der Waals surface area contributed by atoms with Gasteiger partial charge in [-0.15, -0.1) is 0 Å². The van der Waals surface area contributed by atoms with Gasteiger partial charge in [0, 0.05) is 57.6 Å². The zero-order valence-corrected chi connectivity index (χ0v) is 21.8. The van der Waals surface area contributed by atoms with Gasteiger partial charge >= 0.3 is 0 Å². The summed E-state index contributed by atoms with van der Waals surface area (Å²) in [4.78, 5) is 29.4. The van der Waals surface area contributed by atoms with E-state index in [4.69, 9.17) is 21.3 Å². The molecule has 3 aromatic heterocycles. The Kier molecular flexibility index (Phi) is 7.11. The Morgan fingerprint density at radius 3 is 2.65 bits per heavy atom. The SMILES string of the molecule is CNCc1ccn2c(-c3nc(Nc4ccc(N5CCN(C(C)=O)CC5)cc4OC)ncc3Cl)cnc2c1. The van der Waals surface area contributed by atoms with Crippen molar-refractivity contribution in [3.05, 3.63) is 59.5 Å². The molecule has 37 heavy (non-hydrogen) atoms. The van der Waals surface area contributed by atoms with Gasteiger partial charge in [0.2, 0.25) is 11.9 Å². The summed E-state index contributed by atoms with van der Waals surface area (Å²) in [6.45, 7) is 5.33. The summed E-state index contributed by atoms with van der Waals surface area (Å²) in [6, 6.07) is 10.0. The van der Waals surface area contributed by atoms with Crippen molar-refractivity contribution in [3.63, 3.8) is 0 Å². The monoisotopic (exact) mass is 520 g/mol. The third kappa shape index (κ3) is 5.16. The normalized spacial score (nSPS) is 13.7. The van der Waals surface area contributed by atoms with Gasteiger partial charge in [0.1, 0.15) is 17.1 Å². The highest BCUT2D eigenvalue weighted by Crippen LogP contribution is 2.33. The Labute approximate surface area is 220 Å². The number of halogens is 1. The number of hydrogen-bond acceptors (Lipinski definition) is 8. The molecule has 1 fully saturated rings.